The van der Waals surface area contributed by atoms with Crippen molar-refractivity contribution < 1.29 is 29.0 Å². The molecule has 1 aromatic rings. The number of amides is 2. The van der Waals surface area contributed by atoms with Gasteiger partial charge in [-0.3, -0.25) is 14.4 Å². The number of hydrogen-bond acceptors (Lipinski definition) is 6. The standard InChI is InChI=1S/C31H41ClN2O6/c1-6-9-10-18-39-29(38)25-24-27(36)34(23(19-35)20(4)8-3)26(31(24)16-15-30(25,5)40-31)28(37)33(17-7-2)22-13-11-21(32)12-14-22/h6-7,11-14,20,23-26,35H,1-2,8-10,15-19H2,3-5H3/t20-,23-,24-,25+,26?,30-,31?/m0/s1. The van der Waals surface area contributed by atoms with Gasteiger partial charge < -0.3 is 24.4 Å². The molecule has 2 amide bonds. The van der Waals surface area contributed by atoms with Crippen LogP contribution in [0.5, 0.6) is 0 Å². The highest BCUT2D eigenvalue weighted by Crippen LogP contribution is 2.64. The number of esters is 1. The van der Waals surface area contributed by atoms with E-state index in [9.17, 15) is 19.5 Å². The van der Waals surface area contributed by atoms with Gasteiger partial charge in [-0.15, -0.1) is 13.2 Å². The van der Waals surface area contributed by atoms with Gasteiger partial charge in [-0.05, 0) is 62.8 Å². The molecule has 218 valence electrons. The molecule has 4 rings (SSSR count). The second-order valence-corrected chi connectivity index (χ2v) is 11.9. The lowest BCUT2D eigenvalue weighted by atomic mass is 9.66. The number of fused-ring (bicyclic) bond motifs is 1. The number of ether oxygens (including phenoxy) is 2. The molecular weight excluding hydrogens is 532 g/mol. The van der Waals surface area contributed by atoms with Crippen molar-refractivity contribution >= 4 is 35.1 Å². The van der Waals surface area contributed by atoms with Crippen LogP contribution in [0.15, 0.2) is 49.6 Å². The van der Waals surface area contributed by atoms with Gasteiger partial charge in [-0.2, -0.15) is 0 Å². The molecule has 1 N–H and O–H groups in total. The number of benzene rings is 1. The Bertz CT molecular complexity index is 1140. The zero-order valence-corrected chi connectivity index (χ0v) is 24.4. The third kappa shape index (κ3) is 4.99. The van der Waals surface area contributed by atoms with Crippen LogP contribution in [-0.4, -0.2) is 70.8 Å². The van der Waals surface area contributed by atoms with Gasteiger partial charge in [-0.1, -0.05) is 44.0 Å². The van der Waals surface area contributed by atoms with Crippen molar-refractivity contribution in [2.45, 2.75) is 76.2 Å². The average molecular weight is 573 g/mol. The van der Waals surface area contributed by atoms with Crippen LogP contribution in [0.25, 0.3) is 0 Å². The first kappa shape index (κ1) is 30.3. The molecule has 2 unspecified atom stereocenters. The van der Waals surface area contributed by atoms with Crippen molar-refractivity contribution in [3.05, 3.63) is 54.6 Å². The number of rotatable bonds is 13. The summed E-state index contributed by atoms with van der Waals surface area (Å²) in [5, 5.41) is 11.1. The van der Waals surface area contributed by atoms with Gasteiger partial charge in [0, 0.05) is 17.3 Å². The molecule has 9 heteroatoms. The fraction of sp³-hybridized carbons (Fsp3) is 0.581. The lowest BCUT2D eigenvalue weighted by Crippen LogP contribution is -2.60. The SMILES string of the molecule is C=CCCCOC(=O)[C@H]1[C@H]2C(=O)N([C@@H](CO)[C@@H](C)CC)C(C(=O)N(CC=C)c3ccc(Cl)cc3)C23CC[C@]1(C)O3. The number of carbonyl (C=O) groups is 3. The predicted molar refractivity (Wildman–Crippen MR) is 154 cm³/mol. The van der Waals surface area contributed by atoms with Gasteiger partial charge in [0.05, 0.1) is 30.8 Å². The number of unbranched alkanes of at least 4 members (excludes halogenated alkanes) is 1. The smallest absolute Gasteiger partial charge is 0.312 e. The number of anilines is 1. The highest BCUT2D eigenvalue weighted by Gasteiger charge is 2.79. The van der Waals surface area contributed by atoms with Crippen LogP contribution in [0.4, 0.5) is 5.69 Å². The molecule has 1 spiro atoms. The Morgan fingerprint density at radius 2 is 1.98 bits per heavy atom. The van der Waals surface area contributed by atoms with Gasteiger partial charge >= 0.3 is 5.97 Å². The molecule has 3 fully saturated rings. The number of aliphatic hydroxyl groups excluding tert-OH is 1. The summed E-state index contributed by atoms with van der Waals surface area (Å²) in [5.41, 5.74) is -1.56. The number of likely N-dealkylation sites (tertiary alicyclic amines) is 1. The van der Waals surface area contributed by atoms with E-state index in [1.54, 1.807) is 41.3 Å². The molecule has 0 saturated carbocycles. The monoisotopic (exact) mass is 572 g/mol. The minimum Gasteiger partial charge on any atom is -0.465 e. The van der Waals surface area contributed by atoms with Crippen LogP contribution in [0.1, 0.15) is 52.9 Å². The summed E-state index contributed by atoms with van der Waals surface area (Å²) in [6.45, 7) is 13.4. The third-order valence-electron chi connectivity index (χ3n) is 9.06. The van der Waals surface area contributed by atoms with E-state index in [0.29, 0.717) is 42.8 Å². The average Bonchev–Trinajstić information content (AvgIpc) is 3.51. The van der Waals surface area contributed by atoms with E-state index in [1.807, 2.05) is 20.8 Å². The van der Waals surface area contributed by atoms with Crippen LogP contribution in [0.2, 0.25) is 5.02 Å². The highest BCUT2D eigenvalue weighted by molar-refractivity contribution is 6.30. The molecule has 3 heterocycles. The lowest BCUT2D eigenvalue weighted by Gasteiger charge is -2.41. The predicted octanol–water partition coefficient (Wildman–Crippen LogP) is 4.54. The molecular formula is C31H41ClN2O6. The van der Waals surface area contributed by atoms with Gasteiger partial charge in [0.2, 0.25) is 5.91 Å². The van der Waals surface area contributed by atoms with Crippen molar-refractivity contribution in [3.8, 4) is 0 Å². The van der Waals surface area contributed by atoms with Crippen molar-refractivity contribution in [2.75, 3.05) is 24.7 Å². The van der Waals surface area contributed by atoms with E-state index in [4.69, 9.17) is 21.1 Å². The maximum Gasteiger partial charge on any atom is 0.312 e. The van der Waals surface area contributed by atoms with Crippen molar-refractivity contribution in [1.29, 1.82) is 0 Å². The molecule has 0 aliphatic carbocycles. The topological polar surface area (TPSA) is 96.4 Å². The Morgan fingerprint density at radius 1 is 1.27 bits per heavy atom. The summed E-state index contributed by atoms with van der Waals surface area (Å²) in [7, 11) is 0. The molecule has 2 bridgehead atoms. The van der Waals surface area contributed by atoms with Gasteiger partial charge in [0.1, 0.15) is 17.6 Å². The van der Waals surface area contributed by atoms with Crippen LogP contribution in [0, 0.1) is 17.8 Å². The number of aliphatic hydroxyl groups is 1. The molecule has 7 atom stereocenters. The minimum atomic E-state index is -1.22. The Morgan fingerprint density at radius 3 is 2.58 bits per heavy atom. The largest absolute Gasteiger partial charge is 0.465 e. The fourth-order valence-electron chi connectivity index (χ4n) is 6.88. The Kier molecular flexibility index (Phi) is 9.12. The van der Waals surface area contributed by atoms with Crippen LogP contribution < -0.4 is 4.90 Å². The maximum absolute atomic E-state index is 14.6. The van der Waals surface area contributed by atoms with E-state index in [2.05, 4.69) is 13.2 Å². The number of carbonyl (C=O) groups excluding carboxylic acids is 3. The molecule has 40 heavy (non-hydrogen) atoms. The quantitative estimate of drug-likeness (QED) is 0.212. The number of halogens is 1. The van der Waals surface area contributed by atoms with E-state index < -0.39 is 41.1 Å². The second kappa shape index (κ2) is 12.0. The van der Waals surface area contributed by atoms with E-state index >= 15 is 0 Å². The highest BCUT2D eigenvalue weighted by atomic mass is 35.5. The Balaban J connectivity index is 1.80. The summed E-state index contributed by atoms with van der Waals surface area (Å²) < 4.78 is 12.3. The lowest BCUT2D eigenvalue weighted by molar-refractivity contribution is -0.161. The minimum absolute atomic E-state index is 0.0973. The second-order valence-electron chi connectivity index (χ2n) is 11.4. The van der Waals surface area contributed by atoms with Gasteiger partial charge in [0.25, 0.3) is 5.91 Å². The van der Waals surface area contributed by atoms with E-state index in [1.165, 1.54) is 4.90 Å². The fourth-order valence-corrected chi connectivity index (χ4v) is 7.01. The summed E-state index contributed by atoms with van der Waals surface area (Å²) >= 11 is 6.12. The van der Waals surface area contributed by atoms with Crippen LogP contribution in [-0.2, 0) is 23.9 Å². The van der Waals surface area contributed by atoms with Crippen molar-refractivity contribution in [3.63, 3.8) is 0 Å². The number of nitrogens with zero attached hydrogens (tertiary/aromatic N) is 2. The van der Waals surface area contributed by atoms with E-state index in [-0.39, 0.29) is 37.5 Å². The van der Waals surface area contributed by atoms with E-state index in [0.717, 1.165) is 0 Å². The summed E-state index contributed by atoms with van der Waals surface area (Å²) in [6, 6.07) is 5.23. The first-order valence-electron chi connectivity index (χ1n) is 14.2. The van der Waals surface area contributed by atoms with Crippen molar-refractivity contribution in [1.82, 2.24) is 4.90 Å². The molecule has 3 aliphatic rings. The summed E-state index contributed by atoms with van der Waals surface area (Å²) in [5.74, 6) is -3.00. The molecule has 0 radical (unpaired) electrons. The number of hydrogen-bond donors (Lipinski definition) is 1. The zero-order valence-electron chi connectivity index (χ0n) is 23.7. The number of allylic oxidation sites excluding steroid dienone is 1. The molecule has 0 aromatic heterocycles. The van der Waals surface area contributed by atoms with Crippen molar-refractivity contribution in [2.24, 2.45) is 17.8 Å². The van der Waals surface area contributed by atoms with Crippen LogP contribution in [0.3, 0.4) is 0 Å². The molecule has 3 saturated heterocycles. The third-order valence-corrected chi connectivity index (χ3v) is 9.31. The summed E-state index contributed by atoms with van der Waals surface area (Å²) in [6.07, 6.45) is 6.37. The maximum atomic E-state index is 14.6. The first-order chi connectivity index (χ1) is 19.1. The van der Waals surface area contributed by atoms with Gasteiger partial charge in [-0.25, -0.2) is 0 Å². The van der Waals surface area contributed by atoms with Gasteiger partial charge in [0.15, 0.2) is 0 Å². The molecule has 8 nitrogen and oxygen atoms in total. The normalized spacial score (nSPS) is 30.1. The Hall–Kier alpha value is -2.68. The Labute approximate surface area is 241 Å². The summed E-state index contributed by atoms with van der Waals surface area (Å²) in [4.78, 5) is 45.6. The first-order valence-corrected chi connectivity index (χ1v) is 14.6. The van der Waals surface area contributed by atoms with Crippen LogP contribution >= 0.6 is 11.6 Å². The molecule has 1 aromatic carbocycles. The zero-order chi connectivity index (χ0) is 29.2. The molecule has 3 aliphatic heterocycles.